The van der Waals surface area contributed by atoms with Crippen LogP contribution in [0.3, 0.4) is 0 Å². The minimum Gasteiger partial charge on any atom is -0.374 e. The van der Waals surface area contributed by atoms with Crippen LogP contribution in [0.2, 0.25) is 0 Å². The van der Waals surface area contributed by atoms with Gasteiger partial charge in [0, 0.05) is 23.8 Å². The van der Waals surface area contributed by atoms with Crippen LogP contribution < -0.4 is 4.90 Å². The Morgan fingerprint density at radius 2 is 2.20 bits per heavy atom. The molecule has 0 spiro atoms. The fourth-order valence-corrected chi connectivity index (χ4v) is 2.13. The molecule has 0 aliphatic heterocycles. The Hall–Kier alpha value is -1.01. The third-order valence-corrected chi connectivity index (χ3v) is 3.14. The van der Waals surface area contributed by atoms with E-state index in [9.17, 15) is 0 Å². The molecule has 0 heterocycles. The lowest BCUT2D eigenvalue weighted by molar-refractivity contribution is 0.787. The zero-order chi connectivity index (χ0) is 10.8. The van der Waals surface area contributed by atoms with E-state index in [0.717, 1.165) is 22.6 Å². The highest BCUT2D eigenvalue weighted by Gasteiger charge is 2.23. The lowest BCUT2D eigenvalue weighted by atomic mass is 10.2. The molecule has 1 fully saturated rings. The highest BCUT2D eigenvalue weighted by atomic mass is 79.9. The van der Waals surface area contributed by atoms with Crippen LogP contribution in [-0.4, -0.2) is 13.6 Å². The minimum absolute atomic E-state index is 0.710. The first-order chi connectivity index (χ1) is 7.19. The number of hydrogen-bond acceptors (Lipinski definition) is 2. The number of hydrogen-bond donors (Lipinski definition) is 0. The highest BCUT2D eigenvalue weighted by molar-refractivity contribution is 9.10. The third kappa shape index (κ3) is 2.73. The molecule has 0 saturated heterocycles. The van der Waals surface area contributed by atoms with Crippen LogP contribution in [0, 0.1) is 17.2 Å². The summed E-state index contributed by atoms with van der Waals surface area (Å²) < 4.78 is 0.971. The molecule has 2 rings (SSSR count). The molecule has 0 aromatic heterocycles. The Labute approximate surface area is 98.6 Å². The van der Waals surface area contributed by atoms with Crippen LogP contribution in [0.15, 0.2) is 22.7 Å². The van der Waals surface area contributed by atoms with E-state index in [2.05, 4.69) is 40.0 Å². The van der Waals surface area contributed by atoms with Gasteiger partial charge in [0.15, 0.2) is 0 Å². The van der Waals surface area contributed by atoms with Crippen LogP contribution in [-0.2, 0) is 0 Å². The maximum absolute atomic E-state index is 8.87. The van der Waals surface area contributed by atoms with Gasteiger partial charge in [-0.25, -0.2) is 0 Å². The van der Waals surface area contributed by atoms with E-state index in [1.54, 1.807) is 0 Å². The summed E-state index contributed by atoms with van der Waals surface area (Å²) in [5.41, 5.74) is 1.83. The number of halogens is 1. The second kappa shape index (κ2) is 4.24. The SMILES string of the molecule is CN(CC1CC1)c1cc(Br)cc(C#N)c1. The molecule has 0 atom stereocenters. The predicted molar refractivity (Wildman–Crippen MR) is 64.9 cm³/mol. The number of nitriles is 1. The Bertz CT molecular complexity index is 405. The molecule has 0 unspecified atom stereocenters. The predicted octanol–water partition coefficient (Wildman–Crippen LogP) is 3.17. The Kier molecular flexibility index (Phi) is 2.97. The van der Waals surface area contributed by atoms with Crippen molar-refractivity contribution >= 4 is 21.6 Å². The van der Waals surface area contributed by atoms with Crippen molar-refractivity contribution in [3.05, 3.63) is 28.2 Å². The van der Waals surface area contributed by atoms with Gasteiger partial charge in [0.1, 0.15) is 0 Å². The minimum atomic E-state index is 0.710. The van der Waals surface area contributed by atoms with E-state index in [1.807, 2.05) is 12.1 Å². The molecule has 1 saturated carbocycles. The van der Waals surface area contributed by atoms with Crippen molar-refractivity contribution in [3.63, 3.8) is 0 Å². The molecule has 0 bridgehead atoms. The first kappa shape index (κ1) is 10.5. The van der Waals surface area contributed by atoms with Crippen molar-refractivity contribution in [2.75, 3.05) is 18.5 Å². The number of nitrogens with zero attached hydrogens (tertiary/aromatic N) is 2. The first-order valence-corrected chi connectivity index (χ1v) is 5.90. The quantitative estimate of drug-likeness (QED) is 0.839. The first-order valence-electron chi connectivity index (χ1n) is 5.11. The summed E-state index contributed by atoms with van der Waals surface area (Å²) in [5.74, 6) is 0.861. The van der Waals surface area contributed by atoms with Gasteiger partial charge in [-0.3, -0.25) is 0 Å². The van der Waals surface area contributed by atoms with Crippen molar-refractivity contribution in [1.82, 2.24) is 0 Å². The van der Waals surface area contributed by atoms with E-state index in [4.69, 9.17) is 5.26 Å². The average Bonchev–Trinajstić information content (AvgIpc) is 3.00. The van der Waals surface area contributed by atoms with E-state index >= 15 is 0 Å². The fraction of sp³-hybridized carbons (Fsp3) is 0.417. The van der Waals surface area contributed by atoms with Gasteiger partial charge in [-0.15, -0.1) is 0 Å². The second-order valence-electron chi connectivity index (χ2n) is 4.13. The van der Waals surface area contributed by atoms with Gasteiger partial charge in [0.05, 0.1) is 11.6 Å². The monoisotopic (exact) mass is 264 g/mol. The van der Waals surface area contributed by atoms with Crippen LogP contribution >= 0.6 is 15.9 Å². The largest absolute Gasteiger partial charge is 0.374 e. The normalized spacial score (nSPS) is 14.7. The smallest absolute Gasteiger partial charge is 0.0992 e. The zero-order valence-corrected chi connectivity index (χ0v) is 10.3. The van der Waals surface area contributed by atoms with E-state index < -0.39 is 0 Å². The van der Waals surface area contributed by atoms with E-state index in [1.165, 1.54) is 12.8 Å². The summed E-state index contributed by atoms with van der Waals surface area (Å²) in [6.07, 6.45) is 2.70. The summed E-state index contributed by atoms with van der Waals surface area (Å²) >= 11 is 3.43. The third-order valence-electron chi connectivity index (χ3n) is 2.68. The molecule has 3 heteroatoms. The number of benzene rings is 1. The van der Waals surface area contributed by atoms with Gasteiger partial charge in [0.25, 0.3) is 0 Å². The van der Waals surface area contributed by atoms with E-state index in [0.29, 0.717) is 5.56 Å². The Morgan fingerprint density at radius 3 is 2.80 bits per heavy atom. The highest BCUT2D eigenvalue weighted by Crippen LogP contribution is 2.31. The van der Waals surface area contributed by atoms with Gasteiger partial charge in [0.2, 0.25) is 0 Å². The maximum atomic E-state index is 8.87. The molecule has 2 nitrogen and oxygen atoms in total. The summed E-state index contributed by atoms with van der Waals surface area (Å²) in [5, 5.41) is 8.87. The molecular formula is C12H13BrN2. The summed E-state index contributed by atoms with van der Waals surface area (Å²) in [4.78, 5) is 2.23. The van der Waals surface area contributed by atoms with Crippen molar-refractivity contribution in [2.45, 2.75) is 12.8 Å². The molecule has 0 amide bonds. The molecule has 1 aromatic rings. The molecular weight excluding hydrogens is 252 g/mol. The van der Waals surface area contributed by atoms with Crippen LogP contribution in [0.4, 0.5) is 5.69 Å². The van der Waals surface area contributed by atoms with E-state index in [-0.39, 0.29) is 0 Å². The van der Waals surface area contributed by atoms with Gasteiger partial charge in [-0.2, -0.15) is 5.26 Å². The second-order valence-corrected chi connectivity index (χ2v) is 5.05. The molecule has 15 heavy (non-hydrogen) atoms. The van der Waals surface area contributed by atoms with Gasteiger partial charge < -0.3 is 4.90 Å². The van der Waals surface area contributed by atoms with Gasteiger partial charge in [-0.05, 0) is 37.0 Å². The fourth-order valence-electron chi connectivity index (χ4n) is 1.65. The Morgan fingerprint density at radius 1 is 1.47 bits per heavy atom. The van der Waals surface area contributed by atoms with Crippen molar-refractivity contribution in [2.24, 2.45) is 5.92 Å². The summed E-state index contributed by atoms with van der Waals surface area (Å²) in [7, 11) is 2.08. The van der Waals surface area contributed by atoms with Crippen LogP contribution in [0.25, 0.3) is 0 Å². The molecule has 0 radical (unpaired) electrons. The van der Waals surface area contributed by atoms with Crippen molar-refractivity contribution in [3.8, 4) is 6.07 Å². The topological polar surface area (TPSA) is 27.0 Å². The van der Waals surface area contributed by atoms with Gasteiger partial charge >= 0.3 is 0 Å². The summed E-state index contributed by atoms with van der Waals surface area (Å²) in [6, 6.07) is 8.01. The molecule has 1 aliphatic carbocycles. The molecule has 1 aliphatic rings. The molecule has 0 N–H and O–H groups in total. The molecule has 1 aromatic carbocycles. The van der Waals surface area contributed by atoms with Gasteiger partial charge in [-0.1, -0.05) is 15.9 Å². The van der Waals surface area contributed by atoms with Crippen LogP contribution in [0.1, 0.15) is 18.4 Å². The Balaban J connectivity index is 2.18. The zero-order valence-electron chi connectivity index (χ0n) is 8.70. The summed E-state index contributed by atoms with van der Waals surface area (Å²) in [6.45, 7) is 1.10. The lowest BCUT2D eigenvalue weighted by Crippen LogP contribution is -2.19. The van der Waals surface area contributed by atoms with Crippen LogP contribution in [0.5, 0.6) is 0 Å². The lowest BCUT2D eigenvalue weighted by Gasteiger charge is -2.19. The number of rotatable bonds is 3. The molecule has 78 valence electrons. The number of anilines is 1. The standard InChI is InChI=1S/C12H13BrN2/c1-15(8-9-2-3-9)12-5-10(7-14)4-11(13)6-12/h4-6,9H,2-3,8H2,1H3. The average molecular weight is 265 g/mol. The maximum Gasteiger partial charge on any atom is 0.0992 e. The van der Waals surface area contributed by atoms with Crippen molar-refractivity contribution < 1.29 is 0 Å². The van der Waals surface area contributed by atoms with Crippen molar-refractivity contribution in [1.29, 1.82) is 5.26 Å².